The van der Waals surface area contributed by atoms with Crippen LogP contribution in [0.15, 0.2) is 18.2 Å². The standard InChI is InChI=1S/C14H18ClFO/c15-13-5-6-14(16)11(8-13)7-12(9-17)10-3-1-2-4-10/h5-6,8,10,12,17H,1-4,7,9H2. The van der Waals surface area contributed by atoms with Crippen LogP contribution in [0.4, 0.5) is 4.39 Å². The Bertz CT molecular complexity index is 374. The number of rotatable bonds is 4. The predicted molar refractivity (Wildman–Crippen MR) is 67.6 cm³/mol. The predicted octanol–water partition coefficient (Wildman–Crippen LogP) is 3.82. The van der Waals surface area contributed by atoms with Crippen LogP contribution in [-0.4, -0.2) is 11.7 Å². The molecule has 0 heterocycles. The molecule has 1 aliphatic rings. The monoisotopic (exact) mass is 256 g/mol. The maximum absolute atomic E-state index is 13.6. The minimum atomic E-state index is -0.217. The van der Waals surface area contributed by atoms with Gasteiger partial charge in [0, 0.05) is 11.6 Å². The Kier molecular flexibility index (Phi) is 4.41. The van der Waals surface area contributed by atoms with Crippen LogP contribution in [0, 0.1) is 17.7 Å². The van der Waals surface area contributed by atoms with Crippen molar-refractivity contribution in [2.75, 3.05) is 6.61 Å². The van der Waals surface area contributed by atoms with Gasteiger partial charge in [-0.05, 0) is 42.0 Å². The molecule has 0 bridgehead atoms. The van der Waals surface area contributed by atoms with Crippen LogP contribution in [0.2, 0.25) is 5.02 Å². The van der Waals surface area contributed by atoms with Crippen molar-refractivity contribution in [3.8, 4) is 0 Å². The van der Waals surface area contributed by atoms with E-state index in [-0.39, 0.29) is 18.3 Å². The summed E-state index contributed by atoms with van der Waals surface area (Å²) < 4.78 is 13.6. The van der Waals surface area contributed by atoms with Crippen molar-refractivity contribution in [2.24, 2.45) is 11.8 Å². The molecular weight excluding hydrogens is 239 g/mol. The molecule has 1 aromatic rings. The highest BCUT2D eigenvalue weighted by Crippen LogP contribution is 2.33. The summed E-state index contributed by atoms with van der Waals surface area (Å²) >= 11 is 5.87. The molecule has 2 rings (SSSR count). The average molecular weight is 257 g/mol. The summed E-state index contributed by atoms with van der Waals surface area (Å²) in [7, 11) is 0. The van der Waals surface area contributed by atoms with E-state index in [9.17, 15) is 9.50 Å². The van der Waals surface area contributed by atoms with Gasteiger partial charge in [-0.2, -0.15) is 0 Å². The number of aliphatic hydroxyl groups excluding tert-OH is 1. The third-order valence-electron chi connectivity index (χ3n) is 3.79. The molecular formula is C14H18ClFO. The maximum atomic E-state index is 13.6. The highest BCUT2D eigenvalue weighted by atomic mass is 35.5. The van der Waals surface area contributed by atoms with Crippen molar-refractivity contribution in [3.63, 3.8) is 0 Å². The molecule has 1 atom stereocenters. The SMILES string of the molecule is OCC(Cc1cc(Cl)ccc1F)C1CCCC1. The van der Waals surface area contributed by atoms with E-state index >= 15 is 0 Å². The second kappa shape index (κ2) is 5.83. The molecule has 0 aromatic heterocycles. The Morgan fingerprint density at radius 3 is 2.71 bits per heavy atom. The number of hydrogen-bond donors (Lipinski definition) is 1. The van der Waals surface area contributed by atoms with Crippen LogP contribution in [0.3, 0.4) is 0 Å². The first-order valence-electron chi connectivity index (χ1n) is 6.25. The molecule has 0 amide bonds. The quantitative estimate of drug-likeness (QED) is 0.868. The molecule has 0 aliphatic heterocycles. The highest BCUT2D eigenvalue weighted by molar-refractivity contribution is 6.30. The van der Waals surface area contributed by atoms with Gasteiger partial charge in [0.1, 0.15) is 5.82 Å². The number of benzene rings is 1. The average Bonchev–Trinajstić information content (AvgIpc) is 2.84. The summed E-state index contributed by atoms with van der Waals surface area (Å²) in [6, 6.07) is 4.64. The molecule has 17 heavy (non-hydrogen) atoms. The Balaban J connectivity index is 2.09. The van der Waals surface area contributed by atoms with Gasteiger partial charge in [0.25, 0.3) is 0 Å². The minimum Gasteiger partial charge on any atom is -0.396 e. The summed E-state index contributed by atoms with van der Waals surface area (Å²) in [5.74, 6) is 0.495. The molecule has 1 N–H and O–H groups in total. The van der Waals surface area contributed by atoms with Gasteiger partial charge in [0.2, 0.25) is 0 Å². The molecule has 94 valence electrons. The fraction of sp³-hybridized carbons (Fsp3) is 0.571. The molecule has 3 heteroatoms. The van der Waals surface area contributed by atoms with Crippen molar-refractivity contribution in [1.82, 2.24) is 0 Å². The van der Waals surface area contributed by atoms with Gasteiger partial charge < -0.3 is 5.11 Å². The summed E-state index contributed by atoms with van der Waals surface area (Å²) in [5.41, 5.74) is 0.628. The van der Waals surface area contributed by atoms with E-state index in [0.717, 1.165) is 12.8 Å². The molecule has 1 unspecified atom stereocenters. The van der Waals surface area contributed by atoms with Crippen LogP contribution in [0.1, 0.15) is 31.2 Å². The zero-order chi connectivity index (χ0) is 12.3. The van der Waals surface area contributed by atoms with E-state index in [2.05, 4.69) is 0 Å². The van der Waals surface area contributed by atoms with Gasteiger partial charge in [0.05, 0.1) is 0 Å². The summed E-state index contributed by atoms with van der Waals surface area (Å²) in [5, 5.41) is 10.0. The van der Waals surface area contributed by atoms with E-state index in [1.165, 1.54) is 18.9 Å². The number of hydrogen-bond acceptors (Lipinski definition) is 1. The molecule has 1 fully saturated rings. The summed E-state index contributed by atoms with van der Waals surface area (Å²) in [4.78, 5) is 0. The van der Waals surface area contributed by atoms with E-state index in [1.54, 1.807) is 12.1 Å². The van der Waals surface area contributed by atoms with Crippen LogP contribution >= 0.6 is 11.6 Å². The number of halogens is 2. The molecule has 0 radical (unpaired) electrons. The first-order valence-corrected chi connectivity index (χ1v) is 6.63. The Hall–Kier alpha value is -0.600. The Morgan fingerprint density at radius 2 is 2.06 bits per heavy atom. The number of aliphatic hydroxyl groups is 1. The second-order valence-corrected chi connectivity index (χ2v) is 5.36. The lowest BCUT2D eigenvalue weighted by atomic mass is 9.86. The Morgan fingerprint density at radius 1 is 1.35 bits per heavy atom. The van der Waals surface area contributed by atoms with Crippen LogP contribution in [0.25, 0.3) is 0 Å². The van der Waals surface area contributed by atoms with Gasteiger partial charge in [-0.25, -0.2) is 4.39 Å². The van der Waals surface area contributed by atoms with Crippen molar-refractivity contribution in [3.05, 3.63) is 34.6 Å². The third kappa shape index (κ3) is 3.20. The van der Waals surface area contributed by atoms with E-state index in [0.29, 0.717) is 22.9 Å². The van der Waals surface area contributed by atoms with Crippen LogP contribution < -0.4 is 0 Å². The van der Waals surface area contributed by atoms with E-state index in [1.807, 2.05) is 0 Å². The molecule has 1 nitrogen and oxygen atoms in total. The first-order chi connectivity index (χ1) is 8.20. The highest BCUT2D eigenvalue weighted by Gasteiger charge is 2.25. The lowest BCUT2D eigenvalue weighted by Gasteiger charge is -2.21. The molecule has 0 saturated heterocycles. The van der Waals surface area contributed by atoms with Gasteiger partial charge in [0.15, 0.2) is 0 Å². The van der Waals surface area contributed by atoms with Crippen molar-refractivity contribution in [2.45, 2.75) is 32.1 Å². The lowest BCUT2D eigenvalue weighted by molar-refractivity contribution is 0.175. The smallest absolute Gasteiger partial charge is 0.126 e. The van der Waals surface area contributed by atoms with Crippen molar-refractivity contribution in [1.29, 1.82) is 0 Å². The maximum Gasteiger partial charge on any atom is 0.126 e. The van der Waals surface area contributed by atoms with Gasteiger partial charge in [-0.1, -0.05) is 37.3 Å². The van der Waals surface area contributed by atoms with E-state index in [4.69, 9.17) is 11.6 Å². The van der Waals surface area contributed by atoms with Gasteiger partial charge in [-0.15, -0.1) is 0 Å². The fourth-order valence-corrected chi connectivity index (χ4v) is 2.99. The summed E-state index contributed by atoms with van der Waals surface area (Å²) in [6.07, 6.45) is 5.38. The van der Waals surface area contributed by atoms with Gasteiger partial charge >= 0.3 is 0 Å². The Labute approximate surface area is 107 Å². The summed E-state index contributed by atoms with van der Waals surface area (Å²) in [6.45, 7) is 0.136. The van der Waals surface area contributed by atoms with Crippen molar-refractivity contribution >= 4 is 11.6 Å². The fourth-order valence-electron chi connectivity index (χ4n) is 2.79. The zero-order valence-electron chi connectivity index (χ0n) is 9.83. The van der Waals surface area contributed by atoms with Crippen LogP contribution in [0.5, 0.6) is 0 Å². The lowest BCUT2D eigenvalue weighted by Crippen LogP contribution is -2.19. The van der Waals surface area contributed by atoms with E-state index < -0.39 is 0 Å². The third-order valence-corrected chi connectivity index (χ3v) is 4.03. The van der Waals surface area contributed by atoms with Crippen molar-refractivity contribution < 1.29 is 9.50 Å². The molecule has 0 spiro atoms. The molecule has 1 saturated carbocycles. The van der Waals surface area contributed by atoms with Crippen LogP contribution in [-0.2, 0) is 6.42 Å². The first kappa shape index (κ1) is 12.8. The van der Waals surface area contributed by atoms with Gasteiger partial charge in [-0.3, -0.25) is 0 Å². The minimum absolute atomic E-state index is 0.136. The normalized spacial score (nSPS) is 18.5. The zero-order valence-corrected chi connectivity index (χ0v) is 10.6. The second-order valence-electron chi connectivity index (χ2n) is 4.93. The molecule has 1 aromatic carbocycles. The molecule has 1 aliphatic carbocycles. The topological polar surface area (TPSA) is 20.2 Å². The largest absolute Gasteiger partial charge is 0.396 e.